The van der Waals surface area contributed by atoms with Gasteiger partial charge in [0.1, 0.15) is 18.0 Å². The lowest BCUT2D eigenvalue weighted by molar-refractivity contribution is 0.0953. The first-order valence-electron chi connectivity index (χ1n) is 7.81. The normalized spacial score (nSPS) is 10.6. The van der Waals surface area contributed by atoms with Crippen LogP contribution in [-0.2, 0) is 0 Å². The van der Waals surface area contributed by atoms with E-state index in [-0.39, 0.29) is 5.91 Å². The highest BCUT2D eigenvalue weighted by Gasteiger charge is 2.06. The van der Waals surface area contributed by atoms with E-state index in [0.717, 1.165) is 21.2 Å². The minimum atomic E-state index is -0.420. The van der Waals surface area contributed by atoms with Crippen LogP contribution >= 0.6 is 15.9 Å². The summed E-state index contributed by atoms with van der Waals surface area (Å²) < 4.78 is 14.1. The van der Waals surface area contributed by atoms with Gasteiger partial charge in [-0.3, -0.25) is 4.79 Å². The third-order valence-electron chi connectivity index (χ3n) is 3.62. The number of nitrogens with one attached hydrogen (secondary N) is 2. The van der Waals surface area contributed by atoms with Crippen LogP contribution in [0.25, 0.3) is 10.9 Å². The van der Waals surface area contributed by atoms with Gasteiger partial charge in [0.25, 0.3) is 5.91 Å². The molecule has 0 spiro atoms. The highest BCUT2D eigenvalue weighted by atomic mass is 79.9. The van der Waals surface area contributed by atoms with E-state index in [1.165, 1.54) is 24.5 Å². The Morgan fingerprint density at radius 3 is 2.84 bits per heavy atom. The van der Waals surface area contributed by atoms with Gasteiger partial charge < -0.3 is 10.6 Å². The van der Waals surface area contributed by atoms with Crippen LogP contribution in [0.15, 0.2) is 53.3 Å². The Hall–Kier alpha value is -2.54. The quantitative estimate of drug-likeness (QED) is 0.615. The van der Waals surface area contributed by atoms with Gasteiger partial charge >= 0.3 is 0 Å². The summed E-state index contributed by atoms with van der Waals surface area (Å²) in [5.41, 5.74) is 1.18. The van der Waals surface area contributed by atoms with E-state index in [1.807, 2.05) is 18.2 Å². The first kappa shape index (κ1) is 17.3. The topological polar surface area (TPSA) is 66.9 Å². The van der Waals surface area contributed by atoms with E-state index in [1.54, 1.807) is 6.07 Å². The molecule has 0 bridgehead atoms. The molecule has 1 aromatic heterocycles. The molecule has 0 saturated heterocycles. The van der Waals surface area contributed by atoms with E-state index in [4.69, 9.17) is 0 Å². The van der Waals surface area contributed by atoms with Crippen molar-refractivity contribution in [1.29, 1.82) is 0 Å². The molecule has 25 heavy (non-hydrogen) atoms. The fraction of sp³-hybridized carbons (Fsp3) is 0.167. The van der Waals surface area contributed by atoms with Gasteiger partial charge in [-0.25, -0.2) is 14.4 Å². The molecule has 0 atom stereocenters. The molecule has 0 aliphatic carbocycles. The Labute approximate surface area is 152 Å². The van der Waals surface area contributed by atoms with Crippen LogP contribution in [0.5, 0.6) is 0 Å². The van der Waals surface area contributed by atoms with E-state index in [2.05, 4.69) is 36.5 Å². The number of carbonyl (C=O) groups excluding carboxylic acids is 1. The second-order valence-electron chi connectivity index (χ2n) is 5.43. The zero-order valence-electron chi connectivity index (χ0n) is 13.3. The molecule has 5 nitrogen and oxygen atoms in total. The molecule has 0 saturated carbocycles. The molecule has 1 amide bonds. The number of aromatic nitrogens is 2. The zero-order valence-corrected chi connectivity index (χ0v) is 14.9. The van der Waals surface area contributed by atoms with Gasteiger partial charge in [-0.15, -0.1) is 0 Å². The summed E-state index contributed by atoms with van der Waals surface area (Å²) in [6.45, 7) is 1.12. The predicted molar refractivity (Wildman–Crippen MR) is 99.1 cm³/mol. The molecule has 0 radical (unpaired) electrons. The van der Waals surface area contributed by atoms with E-state index in [0.29, 0.717) is 25.1 Å². The number of fused-ring (bicyclic) bond motifs is 1. The van der Waals surface area contributed by atoms with Crippen LogP contribution in [0.2, 0.25) is 0 Å². The SMILES string of the molecule is O=C(NCCCNc1ncnc2ccc(Br)cc12)c1cccc(F)c1. The van der Waals surface area contributed by atoms with Crippen LogP contribution in [-0.4, -0.2) is 29.0 Å². The maximum absolute atomic E-state index is 13.1. The van der Waals surface area contributed by atoms with Crippen LogP contribution in [0, 0.1) is 5.82 Å². The van der Waals surface area contributed by atoms with E-state index >= 15 is 0 Å². The molecule has 0 unspecified atom stereocenters. The van der Waals surface area contributed by atoms with Crippen molar-refractivity contribution in [2.75, 3.05) is 18.4 Å². The lowest BCUT2D eigenvalue weighted by Gasteiger charge is -2.09. The molecular formula is C18H16BrFN4O. The number of amides is 1. The number of hydrogen-bond donors (Lipinski definition) is 2. The summed E-state index contributed by atoms with van der Waals surface area (Å²) in [5, 5.41) is 6.96. The molecule has 0 aliphatic heterocycles. The Morgan fingerprint density at radius 2 is 2.00 bits per heavy atom. The Bertz CT molecular complexity index is 903. The smallest absolute Gasteiger partial charge is 0.251 e. The highest BCUT2D eigenvalue weighted by molar-refractivity contribution is 9.10. The second kappa shape index (κ2) is 8.02. The lowest BCUT2D eigenvalue weighted by Crippen LogP contribution is -2.26. The standard InChI is InChI=1S/C18H16BrFN4O/c19-13-5-6-16-15(10-13)17(24-11-23-16)21-7-2-8-22-18(25)12-3-1-4-14(20)9-12/h1,3-6,9-11H,2,7-8H2,(H,22,25)(H,21,23,24). The molecule has 7 heteroatoms. The number of carbonyl (C=O) groups is 1. The predicted octanol–water partition coefficient (Wildman–Crippen LogP) is 3.76. The average molecular weight is 403 g/mol. The maximum Gasteiger partial charge on any atom is 0.251 e. The molecule has 0 fully saturated rings. The van der Waals surface area contributed by atoms with Crippen LogP contribution < -0.4 is 10.6 Å². The summed E-state index contributed by atoms with van der Waals surface area (Å²) in [7, 11) is 0. The van der Waals surface area contributed by atoms with Crippen LogP contribution in [0.4, 0.5) is 10.2 Å². The molecule has 1 heterocycles. The van der Waals surface area contributed by atoms with Gasteiger partial charge in [0.2, 0.25) is 0 Å². The molecular weight excluding hydrogens is 387 g/mol. The lowest BCUT2D eigenvalue weighted by atomic mass is 10.2. The first-order chi connectivity index (χ1) is 12.1. The molecule has 0 aliphatic rings. The van der Waals surface area contributed by atoms with Crippen molar-refractivity contribution in [3.63, 3.8) is 0 Å². The van der Waals surface area contributed by atoms with Crippen molar-refractivity contribution in [2.45, 2.75) is 6.42 Å². The summed E-state index contributed by atoms with van der Waals surface area (Å²) in [5.74, 6) is 0.0507. The fourth-order valence-corrected chi connectivity index (χ4v) is 2.76. The van der Waals surface area contributed by atoms with Gasteiger partial charge in [0, 0.05) is 28.5 Å². The minimum Gasteiger partial charge on any atom is -0.369 e. The van der Waals surface area contributed by atoms with Gasteiger partial charge in [-0.05, 0) is 42.8 Å². The molecule has 3 rings (SSSR count). The number of anilines is 1. The monoisotopic (exact) mass is 402 g/mol. The maximum atomic E-state index is 13.1. The number of rotatable bonds is 6. The van der Waals surface area contributed by atoms with Crippen molar-refractivity contribution < 1.29 is 9.18 Å². The van der Waals surface area contributed by atoms with Crippen molar-refractivity contribution in [2.24, 2.45) is 0 Å². The average Bonchev–Trinajstić information content (AvgIpc) is 2.61. The van der Waals surface area contributed by atoms with E-state index < -0.39 is 5.82 Å². The second-order valence-corrected chi connectivity index (χ2v) is 6.35. The summed E-state index contributed by atoms with van der Waals surface area (Å²) >= 11 is 3.45. The molecule has 3 aromatic rings. The van der Waals surface area contributed by atoms with E-state index in [9.17, 15) is 9.18 Å². The van der Waals surface area contributed by atoms with Gasteiger partial charge in [0.05, 0.1) is 5.52 Å². The minimum absolute atomic E-state index is 0.282. The number of benzene rings is 2. The Kier molecular flexibility index (Phi) is 5.55. The Balaban J connectivity index is 1.51. The van der Waals surface area contributed by atoms with Crippen molar-refractivity contribution in [3.05, 3.63) is 64.6 Å². The summed E-state index contributed by atoms with van der Waals surface area (Å²) in [6, 6.07) is 11.4. The van der Waals surface area contributed by atoms with Gasteiger partial charge in [-0.2, -0.15) is 0 Å². The molecule has 2 aromatic carbocycles. The van der Waals surface area contributed by atoms with Gasteiger partial charge in [-0.1, -0.05) is 22.0 Å². The zero-order chi connectivity index (χ0) is 17.6. The third kappa shape index (κ3) is 4.51. The van der Waals surface area contributed by atoms with Crippen molar-refractivity contribution in [1.82, 2.24) is 15.3 Å². The van der Waals surface area contributed by atoms with Crippen molar-refractivity contribution >= 4 is 38.6 Å². The highest BCUT2D eigenvalue weighted by Crippen LogP contribution is 2.23. The van der Waals surface area contributed by atoms with Crippen molar-refractivity contribution in [3.8, 4) is 0 Å². The summed E-state index contributed by atoms with van der Waals surface area (Å²) in [6.07, 6.45) is 2.23. The Morgan fingerprint density at radius 1 is 1.12 bits per heavy atom. The number of hydrogen-bond acceptors (Lipinski definition) is 4. The molecule has 2 N–H and O–H groups in total. The van der Waals surface area contributed by atoms with Crippen LogP contribution in [0.3, 0.4) is 0 Å². The van der Waals surface area contributed by atoms with Gasteiger partial charge in [0.15, 0.2) is 0 Å². The largest absolute Gasteiger partial charge is 0.369 e. The van der Waals surface area contributed by atoms with Crippen LogP contribution in [0.1, 0.15) is 16.8 Å². The summed E-state index contributed by atoms with van der Waals surface area (Å²) in [4.78, 5) is 20.4. The third-order valence-corrected chi connectivity index (χ3v) is 4.11. The number of nitrogens with zero attached hydrogens (tertiary/aromatic N) is 2. The first-order valence-corrected chi connectivity index (χ1v) is 8.61. The fourth-order valence-electron chi connectivity index (χ4n) is 2.40. The number of halogens is 2. The molecule has 128 valence electrons.